The van der Waals surface area contributed by atoms with Crippen molar-refractivity contribution in [2.75, 3.05) is 13.7 Å². The third-order valence-corrected chi connectivity index (χ3v) is 3.78. The molecule has 0 spiro atoms. The Bertz CT molecular complexity index is 498. The van der Waals surface area contributed by atoms with Crippen molar-refractivity contribution in [1.82, 2.24) is 9.97 Å². The first-order chi connectivity index (χ1) is 7.74. The number of halogens is 1. The minimum Gasteiger partial charge on any atom is -0.384 e. The van der Waals surface area contributed by atoms with Crippen molar-refractivity contribution in [2.45, 2.75) is 19.8 Å². The van der Waals surface area contributed by atoms with Crippen LogP contribution in [0, 0.1) is 0 Å². The maximum atomic E-state index is 6.13. The van der Waals surface area contributed by atoms with Crippen LogP contribution in [0.4, 0.5) is 0 Å². The summed E-state index contributed by atoms with van der Waals surface area (Å²) in [6.45, 7) is 2.74. The number of thiophene rings is 1. The summed E-state index contributed by atoms with van der Waals surface area (Å²) in [6.07, 6.45) is 1.70. The van der Waals surface area contributed by atoms with Crippen molar-refractivity contribution in [2.24, 2.45) is 0 Å². The minimum atomic E-state index is 0.548. The first-order valence-electron chi connectivity index (χ1n) is 5.18. The molecule has 16 heavy (non-hydrogen) atoms. The lowest BCUT2D eigenvalue weighted by Crippen LogP contribution is -2.00. The summed E-state index contributed by atoms with van der Waals surface area (Å²) >= 11 is 7.81. The average Bonchev–Trinajstić information content (AvgIpc) is 2.70. The van der Waals surface area contributed by atoms with Gasteiger partial charge >= 0.3 is 0 Å². The van der Waals surface area contributed by atoms with Gasteiger partial charge in [-0.2, -0.15) is 0 Å². The van der Waals surface area contributed by atoms with E-state index in [2.05, 4.69) is 23.0 Å². The average molecular weight is 257 g/mol. The molecule has 0 amide bonds. The number of aromatic nitrogens is 2. The number of methoxy groups -OCH3 is 1. The van der Waals surface area contributed by atoms with Gasteiger partial charge in [0.25, 0.3) is 0 Å². The van der Waals surface area contributed by atoms with Crippen LogP contribution >= 0.6 is 22.9 Å². The molecule has 2 heterocycles. The summed E-state index contributed by atoms with van der Waals surface area (Å²) in [5, 5.41) is 1.51. The van der Waals surface area contributed by atoms with E-state index in [0.717, 1.165) is 22.5 Å². The van der Waals surface area contributed by atoms with Gasteiger partial charge in [-0.05, 0) is 12.5 Å². The van der Waals surface area contributed by atoms with Crippen molar-refractivity contribution >= 4 is 33.2 Å². The summed E-state index contributed by atoms with van der Waals surface area (Å²) < 4.78 is 5.00. The Hall–Kier alpha value is -0.710. The third-order valence-electron chi connectivity index (χ3n) is 2.32. The maximum Gasteiger partial charge on any atom is 0.141 e. The molecule has 86 valence electrons. The zero-order valence-corrected chi connectivity index (χ0v) is 10.9. The van der Waals surface area contributed by atoms with Crippen LogP contribution in [0.1, 0.15) is 17.6 Å². The van der Waals surface area contributed by atoms with E-state index >= 15 is 0 Å². The lowest BCUT2D eigenvalue weighted by Gasteiger charge is -2.00. The Morgan fingerprint density at radius 3 is 2.94 bits per heavy atom. The lowest BCUT2D eigenvalue weighted by atomic mass is 10.3. The van der Waals surface area contributed by atoms with Crippen molar-refractivity contribution in [3.8, 4) is 0 Å². The van der Waals surface area contributed by atoms with Gasteiger partial charge < -0.3 is 4.74 Å². The summed E-state index contributed by atoms with van der Waals surface area (Å²) in [6, 6.07) is 2.07. The van der Waals surface area contributed by atoms with Gasteiger partial charge in [0.2, 0.25) is 0 Å². The molecule has 0 aromatic carbocycles. The summed E-state index contributed by atoms with van der Waals surface area (Å²) in [5.41, 5.74) is 0. The van der Waals surface area contributed by atoms with Crippen LogP contribution in [-0.2, 0) is 17.6 Å². The van der Waals surface area contributed by atoms with Gasteiger partial charge in [-0.25, -0.2) is 9.97 Å². The molecule has 0 radical (unpaired) electrons. The number of hydrogen-bond donors (Lipinski definition) is 0. The van der Waals surface area contributed by atoms with Crippen LogP contribution in [0.5, 0.6) is 0 Å². The Labute approximate surface area is 103 Å². The highest BCUT2D eigenvalue weighted by molar-refractivity contribution is 7.18. The first kappa shape index (κ1) is 11.8. The fourth-order valence-corrected chi connectivity index (χ4v) is 2.74. The van der Waals surface area contributed by atoms with Crippen LogP contribution in [0.2, 0.25) is 5.15 Å². The molecule has 0 aliphatic carbocycles. The fraction of sp³-hybridized carbons (Fsp3) is 0.455. The standard InChI is InChI=1S/C11H13ClN2OS/c1-3-7-6-8-10(12)13-9(4-5-15-2)14-11(8)16-7/h6H,3-5H2,1-2H3. The quantitative estimate of drug-likeness (QED) is 0.789. The van der Waals surface area contributed by atoms with Crippen LogP contribution in [-0.4, -0.2) is 23.7 Å². The zero-order chi connectivity index (χ0) is 11.5. The van der Waals surface area contributed by atoms with Crippen LogP contribution in [0.15, 0.2) is 6.07 Å². The molecule has 0 N–H and O–H groups in total. The largest absolute Gasteiger partial charge is 0.384 e. The molecule has 0 atom stereocenters. The topological polar surface area (TPSA) is 35.0 Å². The number of fused-ring (bicyclic) bond motifs is 1. The SMILES string of the molecule is CCc1cc2c(Cl)nc(CCOC)nc2s1. The fourth-order valence-electron chi connectivity index (χ4n) is 1.46. The van der Waals surface area contributed by atoms with Gasteiger partial charge in [-0.1, -0.05) is 18.5 Å². The zero-order valence-electron chi connectivity index (χ0n) is 9.29. The van der Waals surface area contributed by atoms with Crippen LogP contribution < -0.4 is 0 Å². The number of aryl methyl sites for hydroxylation is 1. The molecular weight excluding hydrogens is 244 g/mol. The van der Waals surface area contributed by atoms with Crippen LogP contribution in [0.25, 0.3) is 10.2 Å². The Morgan fingerprint density at radius 2 is 2.25 bits per heavy atom. The Morgan fingerprint density at radius 1 is 1.44 bits per heavy atom. The molecule has 0 bridgehead atoms. The molecular formula is C11H13ClN2OS. The van der Waals surface area contributed by atoms with E-state index in [1.54, 1.807) is 18.4 Å². The summed E-state index contributed by atoms with van der Waals surface area (Å²) in [4.78, 5) is 11.0. The van der Waals surface area contributed by atoms with E-state index in [1.165, 1.54) is 4.88 Å². The molecule has 0 saturated carbocycles. The molecule has 0 aliphatic rings. The monoisotopic (exact) mass is 256 g/mol. The van der Waals surface area contributed by atoms with Crippen molar-refractivity contribution < 1.29 is 4.74 Å². The minimum absolute atomic E-state index is 0.548. The molecule has 2 rings (SSSR count). The van der Waals surface area contributed by atoms with Crippen LogP contribution in [0.3, 0.4) is 0 Å². The van der Waals surface area contributed by atoms with Crippen molar-refractivity contribution in [3.63, 3.8) is 0 Å². The van der Waals surface area contributed by atoms with E-state index in [0.29, 0.717) is 18.2 Å². The highest BCUT2D eigenvalue weighted by atomic mass is 35.5. The predicted octanol–water partition coefficient (Wildman–Crippen LogP) is 3.10. The van der Waals surface area contributed by atoms with E-state index in [-0.39, 0.29) is 0 Å². The van der Waals surface area contributed by atoms with E-state index in [4.69, 9.17) is 16.3 Å². The van der Waals surface area contributed by atoms with Gasteiger partial charge in [-0.15, -0.1) is 11.3 Å². The van der Waals surface area contributed by atoms with Crippen molar-refractivity contribution in [1.29, 1.82) is 0 Å². The molecule has 0 aliphatic heterocycles. The van der Waals surface area contributed by atoms with Gasteiger partial charge in [-0.3, -0.25) is 0 Å². The molecule has 2 aromatic rings. The predicted molar refractivity (Wildman–Crippen MR) is 67.4 cm³/mol. The van der Waals surface area contributed by atoms with Gasteiger partial charge in [0, 0.05) is 23.8 Å². The molecule has 0 fully saturated rings. The maximum absolute atomic E-state index is 6.13. The number of ether oxygens (including phenoxy) is 1. The van der Waals surface area contributed by atoms with Gasteiger partial charge in [0.1, 0.15) is 15.8 Å². The van der Waals surface area contributed by atoms with Gasteiger partial charge in [0.15, 0.2) is 0 Å². The third kappa shape index (κ3) is 2.34. The van der Waals surface area contributed by atoms with E-state index < -0.39 is 0 Å². The smallest absolute Gasteiger partial charge is 0.141 e. The summed E-state index contributed by atoms with van der Waals surface area (Å²) in [5.74, 6) is 0.754. The molecule has 0 unspecified atom stereocenters. The van der Waals surface area contributed by atoms with E-state index in [1.807, 2.05) is 0 Å². The second-order valence-corrected chi connectivity index (χ2v) is 4.93. The highest BCUT2D eigenvalue weighted by Crippen LogP contribution is 2.29. The first-order valence-corrected chi connectivity index (χ1v) is 6.37. The lowest BCUT2D eigenvalue weighted by molar-refractivity contribution is 0.200. The Balaban J connectivity index is 2.40. The van der Waals surface area contributed by atoms with E-state index in [9.17, 15) is 0 Å². The van der Waals surface area contributed by atoms with Gasteiger partial charge in [0.05, 0.1) is 6.61 Å². The molecule has 5 heteroatoms. The number of nitrogens with zero attached hydrogens (tertiary/aromatic N) is 2. The second kappa shape index (κ2) is 5.08. The summed E-state index contributed by atoms with van der Waals surface area (Å²) in [7, 11) is 1.67. The Kier molecular flexibility index (Phi) is 3.74. The number of rotatable bonds is 4. The second-order valence-electron chi connectivity index (χ2n) is 3.46. The number of hydrogen-bond acceptors (Lipinski definition) is 4. The normalized spacial score (nSPS) is 11.2. The molecule has 3 nitrogen and oxygen atoms in total. The highest BCUT2D eigenvalue weighted by Gasteiger charge is 2.09. The molecule has 2 aromatic heterocycles. The van der Waals surface area contributed by atoms with Crippen molar-refractivity contribution in [3.05, 3.63) is 21.9 Å². The molecule has 0 saturated heterocycles.